The summed E-state index contributed by atoms with van der Waals surface area (Å²) in [7, 11) is 0. The standard InChI is InChI=1S/C22H21N3O3/c26-20(14-6-2-1-3-7-14)12-24-13-21(27)25-11-18-16(10-19(25)22(24)28)15-8-4-5-9-17(15)23-18/h1-9,19-20,23,26H,10-13H2/t19-,20+/m0/s1. The normalized spacial score (nSPS) is 20.2. The molecule has 6 nitrogen and oxygen atoms in total. The summed E-state index contributed by atoms with van der Waals surface area (Å²) < 4.78 is 0. The summed E-state index contributed by atoms with van der Waals surface area (Å²) in [5, 5.41) is 11.6. The maximum Gasteiger partial charge on any atom is 0.246 e. The Morgan fingerprint density at radius 3 is 2.61 bits per heavy atom. The Hall–Kier alpha value is -3.12. The van der Waals surface area contributed by atoms with Crippen LogP contribution >= 0.6 is 0 Å². The fourth-order valence-corrected chi connectivity index (χ4v) is 4.38. The van der Waals surface area contributed by atoms with Gasteiger partial charge in [-0.25, -0.2) is 0 Å². The van der Waals surface area contributed by atoms with Crippen LogP contribution in [0.2, 0.25) is 0 Å². The third kappa shape index (κ3) is 2.68. The molecule has 0 aliphatic carbocycles. The average Bonchev–Trinajstić information content (AvgIpc) is 3.09. The van der Waals surface area contributed by atoms with Crippen LogP contribution in [0.3, 0.4) is 0 Å². The molecule has 2 aliphatic heterocycles. The summed E-state index contributed by atoms with van der Waals surface area (Å²) in [6.07, 6.45) is -0.307. The third-order valence-corrected chi connectivity index (χ3v) is 5.83. The zero-order valence-corrected chi connectivity index (χ0v) is 15.3. The molecule has 1 saturated heterocycles. The number of piperazine rings is 1. The Balaban J connectivity index is 1.42. The minimum atomic E-state index is -0.809. The number of aliphatic hydroxyl groups excluding tert-OH is 1. The molecule has 0 saturated carbocycles. The van der Waals surface area contributed by atoms with E-state index in [0.717, 1.165) is 27.7 Å². The molecule has 3 heterocycles. The van der Waals surface area contributed by atoms with Crippen molar-refractivity contribution in [3.05, 3.63) is 71.4 Å². The molecular formula is C22H21N3O3. The van der Waals surface area contributed by atoms with Crippen molar-refractivity contribution >= 4 is 22.7 Å². The van der Waals surface area contributed by atoms with Gasteiger partial charge in [-0.3, -0.25) is 9.59 Å². The van der Waals surface area contributed by atoms with Crippen LogP contribution in [0.4, 0.5) is 0 Å². The Bertz CT molecular complexity index is 1060. The van der Waals surface area contributed by atoms with Gasteiger partial charge in [-0.1, -0.05) is 48.5 Å². The van der Waals surface area contributed by atoms with Gasteiger partial charge in [-0.05, 0) is 17.2 Å². The molecule has 3 aromatic rings. The van der Waals surface area contributed by atoms with Crippen LogP contribution in [0, 0.1) is 0 Å². The van der Waals surface area contributed by atoms with Gasteiger partial charge < -0.3 is 19.9 Å². The maximum absolute atomic E-state index is 13.2. The molecule has 6 heteroatoms. The van der Waals surface area contributed by atoms with Crippen LogP contribution in [0.25, 0.3) is 10.9 Å². The van der Waals surface area contributed by atoms with Crippen molar-refractivity contribution in [2.45, 2.75) is 25.1 Å². The SMILES string of the molecule is O=C1[C@@H]2Cc3c([nH]c4ccccc34)CN2C(=O)CN1C[C@@H](O)c1ccccc1. The number of nitrogens with zero attached hydrogens (tertiary/aromatic N) is 2. The molecule has 0 unspecified atom stereocenters. The van der Waals surface area contributed by atoms with E-state index in [2.05, 4.69) is 4.98 Å². The fraction of sp³-hybridized carbons (Fsp3) is 0.273. The number of fused-ring (bicyclic) bond motifs is 4. The molecule has 1 fully saturated rings. The number of aromatic nitrogens is 1. The van der Waals surface area contributed by atoms with Crippen molar-refractivity contribution in [3.63, 3.8) is 0 Å². The van der Waals surface area contributed by atoms with Crippen molar-refractivity contribution < 1.29 is 14.7 Å². The number of benzene rings is 2. The van der Waals surface area contributed by atoms with Crippen LogP contribution < -0.4 is 0 Å². The molecule has 2 N–H and O–H groups in total. The lowest BCUT2D eigenvalue weighted by molar-refractivity contribution is -0.158. The van der Waals surface area contributed by atoms with E-state index in [-0.39, 0.29) is 24.9 Å². The summed E-state index contributed by atoms with van der Waals surface area (Å²) in [4.78, 5) is 32.5. The second kappa shape index (κ2) is 6.49. The zero-order chi connectivity index (χ0) is 19.3. The number of H-pyrrole nitrogens is 1. The number of para-hydroxylation sites is 1. The molecule has 0 radical (unpaired) electrons. The molecule has 2 aliphatic rings. The van der Waals surface area contributed by atoms with Gasteiger partial charge in [-0.2, -0.15) is 0 Å². The molecule has 0 spiro atoms. The minimum absolute atomic E-state index is 0.00872. The number of hydrogen-bond acceptors (Lipinski definition) is 3. The van der Waals surface area contributed by atoms with Crippen molar-refractivity contribution in [1.82, 2.24) is 14.8 Å². The molecular weight excluding hydrogens is 354 g/mol. The quantitative estimate of drug-likeness (QED) is 0.735. The number of rotatable bonds is 3. The summed E-state index contributed by atoms with van der Waals surface area (Å²) >= 11 is 0. The number of β-amino-alcohol motifs (C(OH)–C–C–N with tert-alkyl or cyclic N) is 1. The maximum atomic E-state index is 13.2. The number of aliphatic hydroxyl groups is 1. The fourth-order valence-electron chi connectivity index (χ4n) is 4.38. The monoisotopic (exact) mass is 375 g/mol. The lowest BCUT2D eigenvalue weighted by atomic mass is 9.93. The van der Waals surface area contributed by atoms with Crippen molar-refractivity contribution in [2.75, 3.05) is 13.1 Å². The second-order valence-electron chi connectivity index (χ2n) is 7.51. The van der Waals surface area contributed by atoms with Crippen LogP contribution in [-0.4, -0.2) is 50.8 Å². The van der Waals surface area contributed by atoms with Gasteiger partial charge >= 0.3 is 0 Å². The Labute approximate surface area is 162 Å². The predicted molar refractivity (Wildman–Crippen MR) is 104 cm³/mol. The summed E-state index contributed by atoms with van der Waals surface area (Å²) in [5.41, 5.74) is 3.90. The van der Waals surface area contributed by atoms with Crippen LogP contribution in [0.5, 0.6) is 0 Å². The first-order valence-corrected chi connectivity index (χ1v) is 9.51. The van der Waals surface area contributed by atoms with Gasteiger partial charge in [0.05, 0.1) is 25.7 Å². The number of aromatic amines is 1. The summed E-state index contributed by atoms with van der Waals surface area (Å²) in [6.45, 7) is 0.558. The predicted octanol–water partition coefficient (Wildman–Crippen LogP) is 2.00. The van der Waals surface area contributed by atoms with E-state index in [9.17, 15) is 14.7 Å². The Morgan fingerprint density at radius 1 is 1.04 bits per heavy atom. The lowest BCUT2D eigenvalue weighted by Crippen LogP contribution is -2.62. The minimum Gasteiger partial charge on any atom is -0.387 e. The van der Waals surface area contributed by atoms with Crippen LogP contribution in [0.15, 0.2) is 54.6 Å². The van der Waals surface area contributed by atoms with Gasteiger partial charge in [0.15, 0.2) is 0 Å². The molecule has 142 valence electrons. The van der Waals surface area contributed by atoms with E-state index >= 15 is 0 Å². The van der Waals surface area contributed by atoms with Crippen LogP contribution in [0.1, 0.15) is 22.9 Å². The third-order valence-electron chi connectivity index (χ3n) is 5.83. The first kappa shape index (κ1) is 17.0. The number of carbonyl (C=O) groups excluding carboxylic acids is 2. The number of amides is 2. The molecule has 5 rings (SSSR count). The van der Waals surface area contributed by atoms with Crippen molar-refractivity contribution in [2.24, 2.45) is 0 Å². The molecule has 28 heavy (non-hydrogen) atoms. The number of carbonyl (C=O) groups is 2. The zero-order valence-electron chi connectivity index (χ0n) is 15.3. The average molecular weight is 375 g/mol. The van der Waals surface area contributed by atoms with Gasteiger partial charge in [0, 0.05) is 23.0 Å². The summed E-state index contributed by atoms with van der Waals surface area (Å²) in [5.74, 6) is -0.167. The first-order valence-electron chi connectivity index (χ1n) is 9.51. The molecule has 2 amide bonds. The molecule has 2 aromatic carbocycles. The number of nitrogens with one attached hydrogen (secondary N) is 1. The van der Waals surface area contributed by atoms with Gasteiger partial charge in [-0.15, -0.1) is 0 Å². The summed E-state index contributed by atoms with van der Waals surface area (Å²) in [6, 6.07) is 16.7. The van der Waals surface area contributed by atoms with E-state index in [1.54, 1.807) is 4.90 Å². The van der Waals surface area contributed by atoms with Gasteiger partial charge in [0.2, 0.25) is 11.8 Å². The van der Waals surface area contributed by atoms with Gasteiger partial charge in [0.25, 0.3) is 0 Å². The van der Waals surface area contributed by atoms with E-state index in [4.69, 9.17) is 0 Å². The Morgan fingerprint density at radius 2 is 1.79 bits per heavy atom. The van der Waals surface area contributed by atoms with Crippen molar-refractivity contribution in [1.29, 1.82) is 0 Å². The highest BCUT2D eigenvalue weighted by molar-refractivity contribution is 5.96. The second-order valence-corrected chi connectivity index (χ2v) is 7.51. The van der Waals surface area contributed by atoms with E-state index < -0.39 is 12.1 Å². The van der Waals surface area contributed by atoms with E-state index in [1.807, 2.05) is 54.6 Å². The Kier molecular flexibility index (Phi) is 3.94. The largest absolute Gasteiger partial charge is 0.387 e. The smallest absolute Gasteiger partial charge is 0.246 e. The molecule has 0 bridgehead atoms. The highest BCUT2D eigenvalue weighted by atomic mass is 16.3. The topological polar surface area (TPSA) is 76.6 Å². The van der Waals surface area contributed by atoms with E-state index in [1.165, 1.54) is 4.90 Å². The van der Waals surface area contributed by atoms with Crippen LogP contribution in [-0.2, 0) is 22.6 Å². The van der Waals surface area contributed by atoms with Gasteiger partial charge in [0.1, 0.15) is 6.04 Å². The highest BCUT2D eigenvalue weighted by Gasteiger charge is 2.43. The molecule has 1 aromatic heterocycles. The van der Waals surface area contributed by atoms with E-state index in [0.29, 0.717) is 13.0 Å². The number of hydrogen-bond donors (Lipinski definition) is 2. The highest BCUT2D eigenvalue weighted by Crippen LogP contribution is 2.32. The molecule has 2 atom stereocenters. The first-order chi connectivity index (χ1) is 13.6. The lowest BCUT2D eigenvalue weighted by Gasteiger charge is -2.43. The van der Waals surface area contributed by atoms with Crippen molar-refractivity contribution in [3.8, 4) is 0 Å².